The highest BCUT2D eigenvalue weighted by atomic mass is 19.3. The normalized spacial score (nSPS) is 32.2. The summed E-state index contributed by atoms with van der Waals surface area (Å²) in [5, 5.41) is 0. The Bertz CT molecular complexity index is 185. The number of carbonyl (C=O) groups is 1. The van der Waals surface area contributed by atoms with E-state index in [9.17, 15) is 13.6 Å². The fourth-order valence-corrected chi connectivity index (χ4v) is 1.01. The Morgan fingerprint density at radius 2 is 2.18 bits per heavy atom. The fourth-order valence-electron chi connectivity index (χ4n) is 1.01. The second-order valence-electron chi connectivity index (χ2n) is 3.11. The summed E-state index contributed by atoms with van der Waals surface area (Å²) in [7, 11) is 0. The standard InChI is InChI=1S/C7H10F2O2/c1-6(7(2,8)9)3-4-11-5(6)10/h3-4H2,1-2H3. The van der Waals surface area contributed by atoms with Gasteiger partial charge in [-0.1, -0.05) is 0 Å². The number of esters is 1. The van der Waals surface area contributed by atoms with Gasteiger partial charge in [-0.15, -0.1) is 0 Å². The summed E-state index contributed by atoms with van der Waals surface area (Å²) in [4.78, 5) is 10.8. The van der Waals surface area contributed by atoms with E-state index in [-0.39, 0.29) is 13.0 Å². The van der Waals surface area contributed by atoms with Gasteiger partial charge in [-0.25, -0.2) is 8.78 Å². The molecule has 1 rings (SSSR count). The molecular formula is C7H10F2O2. The molecule has 1 atom stereocenters. The van der Waals surface area contributed by atoms with Crippen molar-refractivity contribution in [3.8, 4) is 0 Å². The minimum Gasteiger partial charge on any atom is -0.465 e. The average Bonchev–Trinajstić information content (AvgIpc) is 2.12. The maximum absolute atomic E-state index is 12.8. The molecule has 4 heteroatoms. The monoisotopic (exact) mass is 164 g/mol. The molecule has 0 radical (unpaired) electrons. The Kier molecular flexibility index (Phi) is 1.65. The van der Waals surface area contributed by atoms with Crippen molar-refractivity contribution in [3.63, 3.8) is 0 Å². The van der Waals surface area contributed by atoms with Gasteiger partial charge in [0.1, 0.15) is 5.41 Å². The van der Waals surface area contributed by atoms with E-state index in [0.717, 1.165) is 6.92 Å². The zero-order chi connectivity index (χ0) is 8.70. The van der Waals surface area contributed by atoms with Crippen LogP contribution in [0.5, 0.6) is 0 Å². The van der Waals surface area contributed by atoms with Crippen LogP contribution in [0.2, 0.25) is 0 Å². The quantitative estimate of drug-likeness (QED) is 0.550. The summed E-state index contributed by atoms with van der Waals surface area (Å²) in [6.45, 7) is 2.10. The number of alkyl halides is 2. The van der Waals surface area contributed by atoms with Gasteiger partial charge in [0.05, 0.1) is 6.61 Å². The summed E-state index contributed by atoms with van der Waals surface area (Å²) in [5.74, 6) is -3.77. The maximum atomic E-state index is 12.8. The third-order valence-corrected chi connectivity index (χ3v) is 2.25. The van der Waals surface area contributed by atoms with E-state index in [1.807, 2.05) is 0 Å². The van der Waals surface area contributed by atoms with Crippen LogP contribution in [0.3, 0.4) is 0 Å². The molecule has 2 nitrogen and oxygen atoms in total. The number of cyclic esters (lactones) is 1. The van der Waals surface area contributed by atoms with Gasteiger partial charge < -0.3 is 4.74 Å². The van der Waals surface area contributed by atoms with Crippen LogP contribution < -0.4 is 0 Å². The Morgan fingerprint density at radius 3 is 2.36 bits per heavy atom. The molecule has 0 bridgehead atoms. The molecule has 0 aromatic rings. The first-order chi connectivity index (χ1) is 4.88. The number of hydrogen-bond acceptors (Lipinski definition) is 2. The first kappa shape index (κ1) is 8.43. The first-order valence-corrected chi connectivity index (χ1v) is 3.43. The second-order valence-corrected chi connectivity index (χ2v) is 3.11. The minimum atomic E-state index is -2.99. The lowest BCUT2D eigenvalue weighted by Crippen LogP contribution is -2.40. The molecule has 0 aliphatic carbocycles. The molecule has 0 N–H and O–H groups in total. The lowest BCUT2D eigenvalue weighted by Gasteiger charge is -2.25. The molecule has 0 saturated carbocycles. The molecule has 64 valence electrons. The highest BCUT2D eigenvalue weighted by Gasteiger charge is 2.55. The highest BCUT2D eigenvalue weighted by molar-refractivity contribution is 5.79. The van der Waals surface area contributed by atoms with Crippen LogP contribution in [0.15, 0.2) is 0 Å². The van der Waals surface area contributed by atoms with Gasteiger partial charge in [-0.2, -0.15) is 0 Å². The average molecular weight is 164 g/mol. The van der Waals surface area contributed by atoms with Gasteiger partial charge >= 0.3 is 5.97 Å². The molecule has 11 heavy (non-hydrogen) atoms. The van der Waals surface area contributed by atoms with E-state index in [1.165, 1.54) is 6.92 Å². The van der Waals surface area contributed by atoms with Crippen molar-refractivity contribution < 1.29 is 18.3 Å². The van der Waals surface area contributed by atoms with Gasteiger partial charge in [-0.3, -0.25) is 4.79 Å². The molecule has 0 aromatic heterocycles. The van der Waals surface area contributed by atoms with Crippen LogP contribution in [0, 0.1) is 5.41 Å². The van der Waals surface area contributed by atoms with Gasteiger partial charge in [-0.05, 0) is 6.92 Å². The van der Waals surface area contributed by atoms with Gasteiger partial charge in [0, 0.05) is 13.3 Å². The topological polar surface area (TPSA) is 26.3 Å². The van der Waals surface area contributed by atoms with Crippen LogP contribution in [-0.4, -0.2) is 18.5 Å². The van der Waals surface area contributed by atoms with Crippen molar-refractivity contribution in [2.45, 2.75) is 26.2 Å². The number of halogens is 2. The van der Waals surface area contributed by atoms with E-state index in [4.69, 9.17) is 0 Å². The maximum Gasteiger partial charge on any atom is 0.318 e. The van der Waals surface area contributed by atoms with E-state index < -0.39 is 17.3 Å². The Balaban J connectivity index is 2.90. The van der Waals surface area contributed by atoms with E-state index in [1.54, 1.807) is 0 Å². The van der Waals surface area contributed by atoms with Gasteiger partial charge in [0.2, 0.25) is 0 Å². The molecule has 1 unspecified atom stereocenters. The Labute approximate surface area is 63.5 Å². The van der Waals surface area contributed by atoms with Crippen LogP contribution >= 0.6 is 0 Å². The lowest BCUT2D eigenvalue weighted by molar-refractivity contribution is -0.163. The molecule has 1 aliphatic heterocycles. The number of rotatable bonds is 1. The fraction of sp³-hybridized carbons (Fsp3) is 0.857. The summed E-state index contributed by atoms with van der Waals surface area (Å²) in [5.41, 5.74) is -1.60. The van der Waals surface area contributed by atoms with E-state index in [2.05, 4.69) is 4.74 Å². The van der Waals surface area contributed by atoms with Gasteiger partial charge in [0.25, 0.3) is 5.92 Å². The predicted molar refractivity (Wildman–Crippen MR) is 34.3 cm³/mol. The van der Waals surface area contributed by atoms with Crippen molar-refractivity contribution in [2.24, 2.45) is 5.41 Å². The number of carbonyl (C=O) groups excluding carboxylic acids is 1. The molecule has 1 aliphatic rings. The van der Waals surface area contributed by atoms with Crippen molar-refractivity contribution in [1.29, 1.82) is 0 Å². The first-order valence-electron chi connectivity index (χ1n) is 3.43. The van der Waals surface area contributed by atoms with E-state index >= 15 is 0 Å². The Hall–Kier alpha value is -0.670. The number of ether oxygens (including phenoxy) is 1. The second kappa shape index (κ2) is 2.16. The molecule has 0 spiro atoms. The molecular weight excluding hydrogens is 154 g/mol. The zero-order valence-corrected chi connectivity index (χ0v) is 6.49. The van der Waals surface area contributed by atoms with Crippen LogP contribution in [0.1, 0.15) is 20.3 Å². The largest absolute Gasteiger partial charge is 0.465 e. The summed E-state index contributed by atoms with van der Waals surface area (Å²) in [6.07, 6.45) is 0.106. The third-order valence-electron chi connectivity index (χ3n) is 2.25. The zero-order valence-electron chi connectivity index (χ0n) is 6.49. The summed E-state index contributed by atoms with van der Waals surface area (Å²) >= 11 is 0. The molecule has 0 amide bonds. The van der Waals surface area contributed by atoms with Crippen molar-refractivity contribution in [3.05, 3.63) is 0 Å². The summed E-state index contributed by atoms with van der Waals surface area (Å²) < 4.78 is 30.0. The van der Waals surface area contributed by atoms with Crippen LogP contribution in [0.25, 0.3) is 0 Å². The van der Waals surface area contributed by atoms with Crippen LogP contribution in [-0.2, 0) is 9.53 Å². The predicted octanol–water partition coefficient (Wildman–Crippen LogP) is 1.59. The molecule has 1 saturated heterocycles. The Morgan fingerprint density at radius 1 is 1.64 bits per heavy atom. The highest BCUT2D eigenvalue weighted by Crippen LogP contribution is 2.43. The van der Waals surface area contributed by atoms with Crippen molar-refractivity contribution in [2.75, 3.05) is 6.61 Å². The van der Waals surface area contributed by atoms with Crippen molar-refractivity contribution >= 4 is 5.97 Å². The molecule has 0 aromatic carbocycles. The lowest BCUT2D eigenvalue weighted by atomic mass is 9.83. The minimum absolute atomic E-state index is 0.106. The molecule has 1 fully saturated rings. The third kappa shape index (κ3) is 1.10. The number of hydrogen-bond donors (Lipinski definition) is 0. The summed E-state index contributed by atoms with van der Waals surface area (Å²) in [6, 6.07) is 0. The SMILES string of the molecule is CC(F)(F)C1(C)CCOC1=O. The van der Waals surface area contributed by atoms with Crippen LogP contribution in [0.4, 0.5) is 8.78 Å². The van der Waals surface area contributed by atoms with Crippen molar-refractivity contribution in [1.82, 2.24) is 0 Å². The van der Waals surface area contributed by atoms with E-state index in [0.29, 0.717) is 0 Å². The van der Waals surface area contributed by atoms with Gasteiger partial charge in [0.15, 0.2) is 0 Å². The smallest absolute Gasteiger partial charge is 0.318 e. The molecule has 1 heterocycles.